The fourth-order valence-corrected chi connectivity index (χ4v) is 2.41. The van der Waals surface area contributed by atoms with Crippen molar-refractivity contribution in [2.24, 2.45) is 0 Å². The lowest BCUT2D eigenvalue weighted by molar-refractivity contribution is 0.245. The number of nitrogens with two attached hydrogens (primary N) is 1. The van der Waals surface area contributed by atoms with Gasteiger partial charge in [-0.2, -0.15) is 0 Å². The van der Waals surface area contributed by atoms with E-state index >= 15 is 0 Å². The highest BCUT2D eigenvalue weighted by molar-refractivity contribution is 7.90. The summed E-state index contributed by atoms with van der Waals surface area (Å²) in [5.74, 6) is -0.749. The quantitative estimate of drug-likeness (QED) is 0.560. The zero-order valence-corrected chi connectivity index (χ0v) is 11.3. The molecule has 19 heavy (non-hydrogen) atoms. The first kappa shape index (κ1) is 15.2. The second-order valence-corrected chi connectivity index (χ2v) is 5.55. The van der Waals surface area contributed by atoms with Crippen LogP contribution in [0.3, 0.4) is 0 Å². The number of halogens is 1. The molecule has 0 atom stereocenters. The first-order chi connectivity index (χ1) is 8.86. The number of unbranched alkanes of at least 4 members (excludes halogenated alkanes) is 1. The predicted octanol–water partition coefficient (Wildman–Crippen LogP) is 1.20. The van der Waals surface area contributed by atoms with Crippen LogP contribution in [-0.2, 0) is 10.0 Å². The van der Waals surface area contributed by atoms with E-state index in [0.29, 0.717) is 6.54 Å². The fraction of sp³-hybridized carbons (Fsp3) is 0.364. The molecule has 0 unspecified atom stereocenters. The number of nitrogen functional groups attached to an aromatic ring is 1. The van der Waals surface area contributed by atoms with Gasteiger partial charge in [0.1, 0.15) is 10.7 Å². The summed E-state index contributed by atoms with van der Waals surface area (Å²) < 4.78 is 38.4. The Bertz CT molecular complexity index is 560. The number of hydrogen-bond acceptors (Lipinski definition) is 4. The molecule has 8 heteroatoms. The fourth-order valence-electron chi connectivity index (χ4n) is 1.33. The Morgan fingerprint density at radius 3 is 2.74 bits per heavy atom. The Balaban J connectivity index is 2.81. The number of benzene rings is 1. The lowest BCUT2D eigenvalue weighted by Gasteiger charge is -2.10. The van der Waals surface area contributed by atoms with Crippen molar-refractivity contribution >= 4 is 21.7 Å². The van der Waals surface area contributed by atoms with Crippen LogP contribution in [0.15, 0.2) is 23.1 Å². The maximum absolute atomic E-state index is 13.0. The molecule has 0 fully saturated rings. The van der Waals surface area contributed by atoms with Crippen LogP contribution in [0.5, 0.6) is 0 Å². The van der Waals surface area contributed by atoms with Crippen molar-refractivity contribution in [3.8, 4) is 0 Å². The number of amides is 2. The SMILES string of the molecule is CCCCNC(=O)NS(=O)(=O)c1cc(F)ccc1N. The molecule has 1 rings (SSSR count). The predicted molar refractivity (Wildman–Crippen MR) is 69.4 cm³/mol. The minimum Gasteiger partial charge on any atom is -0.398 e. The summed E-state index contributed by atoms with van der Waals surface area (Å²) in [6.07, 6.45) is 1.60. The third-order valence-corrected chi connectivity index (χ3v) is 3.69. The third-order valence-electron chi connectivity index (χ3n) is 2.31. The van der Waals surface area contributed by atoms with E-state index in [9.17, 15) is 17.6 Å². The molecule has 106 valence electrons. The van der Waals surface area contributed by atoms with Crippen molar-refractivity contribution in [3.05, 3.63) is 24.0 Å². The van der Waals surface area contributed by atoms with Gasteiger partial charge in [0.05, 0.1) is 5.69 Å². The standard InChI is InChI=1S/C11H16FN3O3S/c1-2-3-6-14-11(16)15-19(17,18)10-7-8(12)4-5-9(10)13/h4-5,7H,2-3,6,13H2,1H3,(H2,14,15,16). The molecular weight excluding hydrogens is 273 g/mol. The Hall–Kier alpha value is -1.83. The van der Waals surface area contributed by atoms with Gasteiger partial charge in [-0.3, -0.25) is 0 Å². The molecule has 4 N–H and O–H groups in total. The van der Waals surface area contributed by atoms with Crippen LogP contribution in [0.1, 0.15) is 19.8 Å². The van der Waals surface area contributed by atoms with Crippen LogP contribution in [0, 0.1) is 5.82 Å². The van der Waals surface area contributed by atoms with Crippen LogP contribution in [0.4, 0.5) is 14.9 Å². The van der Waals surface area contributed by atoms with Crippen LogP contribution >= 0.6 is 0 Å². The lowest BCUT2D eigenvalue weighted by atomic mass is 10.3. The van der Waals surface area contributed by atoms with Crippen molar-refractivity contribution in [1.82, 2.24) is 10.0 Å². The van der Waals surface area contributed by atoms with Crippen molar-refractivity contribution in [3.63, 3.8) is 0 Å². The molecule has 0 saturated carbocycles. The van der Waals surface area contributed by atoms with Crippen molar-refractivity contribution in [2.75, 3.05) is 12.3 Å². The Morgan fingerprint density at radius 2 is 2.11 bits per heavy atom. The molecule has 0 spiro atoms. The molecule has 6 nitrogen and oxygen atoms in total. The van der Waals surface area contributed by atoms with Gasteiger partial charge in [0.25, 0.3) is 10.0 Å². The zero-order chi connectivity index (χ0) is 14.5. The van der Waals surface area contributed by atoms with Crippen molar-refractivity contribution < 1.29 is 17.6 Å². The number of urea groups is 1. The van der Waals surface area contributed by atoms with E-state index in [-0.39, 0.29) is 5.69 Å². The van der Waals surface area contributed by atoms with E-state index in [1.165, 1.54) is 0 Å². The van der Waals surface area contributed by atoms with E-state index in [2.05, 4.69) is 5.32 Å². The van der Waals surface area contributed by atoms with E-state index in [1.807, 2.05) is 6.92 Å². The van der Waals surface area contributed by atoms with E-state index in [0.717, 1.165) is 31.0 Å². The molecule has 0 aromatic heterocycles. The maximum atomic E-state index is 13.0. The van der Waals surface area contributed by atoms with Crippen LogP contribution in [0.2, 0.25) is 0 Å². The van der Waals surface area contributed by atoms with Gasteiger partial charge in [-0.25, -0.2) is 22.3 Å². The van der Waals surface area contributed by atoms with Gasteiger partial charge in [0.15, 0.2) is 0 Å². The maximum Gasteiger partial charge on any atom is 0.328 e. The second-order valence-electron chi connectivity index (χ2n) is 3.90. The number of nitrogens with one attached hydrogen (secondary N) is 2. The molecule has 0 heterocycles. The Kier molecular flexibility index (Phi) is 5.11. The number of carbonyl (C=O) groups excluding carboxylic acids is 1. The second kappa shape index (κ2) is 6.37. The van der Waals surface area contributed by atoms with Gasteiger partial charge in [0.2, 0.25) is 0 Å². The summed E-state index contributed by atoms with van der Waals surface area (Å²) >= 11 is 0. The van der Waals surface area contributed by atoms with Crippen LogP contribution in [0.25, 0.3) is 0 Å². The largest absolute Gasteiger partial charge is 0.398 e. The van der Waals surface area contributed by atoms with E-state index in [1.54, 1.807) is 4.72 Å². The molecule has 0 aliphatic rings. The van der Waals surface area contributed by atoms with Gasteiger partial charge < -0.3 is 11.1 Å². The van der Waals surface area contributed by atoms with Crippen molar-refractivity contribution in [1.29, 1.82) is 0 Å². The molecule has 1 aromatic carbocycles. The number of rotatable bonds is 5. The third kappa shape index (κ3) is 4.40. The first-order valence-corrected chi connectivity index (χ1v) is 7.21. The van der Waals surface area contributed by atoms with Crippen LogP contribution < -0.4 is 15.8 Å². The minimum absolute atomic E-state index is 0.129. The monoisotopic (exact) mass is 289 g/mol. The highest BCUT2D eigenvalue weighted by Gasteiger charge is 2.20. The molecule has 0 saturated heterocycles. The average molecular weight is 289 g/mol. The van der Waals surface area contributed by atoms with Crippen LogP contribution in [-0.4, -0.2) is 21.0 Å². The van der Waals surface area contributed by atoms with Crippen molar-refractivity contribution in [2.45, 2.75) is 24.7 Å². The summed E-state index contributed by atoms with van der Waals surface area (Å²) in [6.45, 7) is 2.29. The highest BCUT2D eigenvalue weighted by atomic mass is 32.2. The molecule has 0 aliphatic carbocycles. The summed E-state index contributed by atoms with van der Waals surface area (Å²) in [5, 5.41) is 2.38. The normalized spacial score (nSPS) is 11.1. The van der Waals surface area contributed by atoms with Gasteiger partial charge >= 0.3 is 6.03 Å². The van der Waals surface area contributed by atoms with Gasteiger partial charge in [-0.15, -0.1) is 0 Å². The van der Waals surface area contributed by atoms with E-state index < -0.39 is 26.8 Å². The number of sulfonamides is 1. The molecular formula is C11H16FN3O3S. The first-order valence-electron chi connectivity index (χ1n) is 5.72. The Morgan fingerprint density at radius 1 is 1.42 bits per heavy atom. The molecule has 0 aliphatic heterocycles. The highest BCUT2D eigenvalue weighted by Crippen LogP contribution is 2.18. The number of anilines is 1. The number of carbonyl (C=O) groups is 1. The minimum atomic E-state index is -4.18. The summed E-state index contributed by atoms with van der Waals surface area (Å²) in [4.78, 5) is 10.9. The number of hydrogen-bond donors (Lipinski definition) is 3. The average Bonchev–Trinajstić information content (AvgIpc) is 2.32. The molecule has 0 bridgehead atoms. The summed E-state index contributed by atoms with van der Waals surface area (Å²) in [7, 11) is -4.18. The molecule has 2 amide bonds. The van der Waals surface area contributed by atoms with E-state index in [4.69, 9.17) is 5.73 Å². The van der Waals surface area contributed by atoms with Gasteiger partial charge in [-0.05, 0) is 24.6 Å². The summed E-state index contributed by atoms with van der Waals surface area (Å²) in [6, 6.07) is 2.06. The molecule has 1 aromatic rings. The molecule has 0 radical (unpaired) electrons. The lowest BCUT2D eigenvalue weighted by Crippen LogP contribution is -2.40. The summed E-state index contributed by atoms with van der Waals surface area (Å²) in [5.41, 5.74) is 5.33. The smallest absolute Gasteiger partial charge is 0.328 e. The van der Waals surface area contributed by atoms with Gasteiger partial charge in [0, 0.05) is 6.54 Å². The zero-order valence-electron chi connectivity index (χ0n) is 10.4. The topological polar surface area (TPSA) is 101 Å². The Labute approximate surface area is 111 Å². The van der Waals surface area contributed by atoms with Gasteiger partial charge in [-0.1, -0.05) is 13.3 Å².